The van der Waals surface area contributed by atoms with E-state index in [-0.39, 0.29) is 6.04 Å². The molecule has 0 radical (unpaired) electrons. The van der Waals surface area contributed by atoms with E-state index < -0.39 is 0 Å². The van der Waals surface area contributed by atoms with Gasteiger partial charge in [-0.2, -0.15) is 0 Å². The second-order valence-corrected chi connectivity index (χ2v) is 7.08. The SMILES string of the molecule is COc1cc2c(cc1OC)C(C)N(C(=O)CC1CC1)CC(C)C2. The van der Waals surface area contributed by atoms with Crippen LogP contribution in [0.25, 0.3) is 0 Å². The summed E-state index contributed by atoms with van der Waals surface area (Å²) in [6.07, 6.45) is 4.10. The first kappa shape index (κ1) is 16.2. The third-order valence-corrected chi connectivity index (χ3v) is 5.12. The van der Waals surface area contributed by atoms with E-state index in [4.69, 9.17) is 9.47 Å². The van der Waals surface area contributed by atoms with Crippen LogP contribution in [-0.2, 0) is 11.2 Å². The lowest BCUT2D eigenvalue weighted by Crippen LogP contribution is -2.35. The van der Waals surface area contributed by atoms with E-state index in [2.05, 4.69) is 24.8 Å². The molecule has 2 aliphatic rings. The van der Waals surface area contributed by atoms with E-state index in [0.717, 1.165) is 24.5 Å². The van der Waals surface area contributed by atoms with Crippen molar-refractivity contribution in [2.75, 3.05) is 20.8 Å². The molecule has 1 heterocycles. The summed E-state index contributed by atoms with van der Waals surface area (Å²) in [7, 11) is 3.32. The Hall–Kier alpha value is -1.71. The number of carbonyl (C=O) groups excluding carboxylic acids is 1. The van der Waals surface area contributed by atoms with E-state index >= 15 is 0 Å². The minimum absolute atomic E-state index is 0.0843. The summed E-state index contributed by atoms with van der Waals surface area (Å²) in [5.74, 6) is 2.87. The van der Waals surface area contributed by atoms with E-state index in [1.54, 1.807) is 14.2 Å². The summed E-state index contributed by atoms with van der Waals surface area (Å²) in [5, 5.41) is 0. The van der Waals surface area contributed by atoms with Gasteiger partial charge < -0.3 is 14.4 Å². The van der Waals surface area contributed by atoms with Crippen molar-refractivity contribution in [3.05, 3.63) is 23.3 Å². The Morgan fingerprint density at radius 3 is 2.43 bits per heavy atom. The number of nitrogens with zero attached hydrogens (tertiary/aromatic N) is 1. The molecule has 2 unspecified atom stereocenters. The molecule has 0 bridgehead atoms. The molecule has 1 aromatic rings. The Kier molecular flexibility index (Phi) is 4.51. The van der Waals surface area contributed by atoms with Gasteiger partial charge in [-0.3, -0.25) is 4.79 Å². The number of ether oxygens (including phenoxy) is 2. The van der Waals surface area contributed by atoms with Gasteiger partial charge >= 0.3 is 0 Å². The number of fused-ring (bicyclic) bond motifs is 1. The topological polar surface area (TPSA) is 38.8 Å². The standard InChI is InChI=1S/C19H27NO3/c1-12-7-15-9-17(22-3)18(23-4)10-16(15)13(2)20(11-12)19(21)8-14-5-6-14/h9-10,12-14H,5-8,11H2,1-4H3. The normalized spacial score (nSPS) is 23.9. The molecule has 3 rings (SSSR count). The van der Waals surface area contributed by atoms with Crippen LogP contribution < -0.4 is 9.47 Å². The number of methoxy groups -OCH3 is 2. The van der Waals surface area contributed by atoms with Crippen LogP contribution in [-0.4, -0.2) is 31.6 Å². The third kappa shape index (κ3) is 3.31. The van der Waals surface area contributed by atoms with Crippen molar-refractivity contribution < 1.29 is 14.3 Å². The van der Waals surface area contributed by atoms with Crippen molar-refractivity contribution in [3.8, 4) is 11.5 Å². The summed E-state index contributed by atoms with van der Waals surface area (Å²) in [6, 6.07) is 4.21. The first-order valence-corrected chi connectivity index (χ1v) is 8.57. The van der Waals surface area contributed by atoms with Gasteiger partial charge in [-0.15, -0.1) is 0 Å². The fraction of sp³-hybridized carbons (Fsp3) is 0.632. The molecular formula is C19H27NO3. The molecule has 0 spiro atoms. The van der Waals surface area contributed by atoms with Crippen molar-refractivity contribution >= 4 is 5.91 Å². The van der Waals surface area contributed by atoms with E-state index in [0.29, 0.717) is 24.2 Å². The smallest absolute Gasteiger partial charge is 0.223 e. The van der Waals surface area contributed by atoms with Crippen LogP contribution in [0.15, 0.2) is 12.1 Å². The highest BCUT2D eigenvalue weighted by molar-refractivity contribution is 5.77. The number of hydrogen-bond donors (Lipinski definition) is 0. The second-order valence-electron chi connectivity index (χ2n) is 7.08. The van der Waals surface area contributed by atoms with Crippen molar-refractivity contribution in [2.45, 2.75) is 45.6 Å². The zero-order chi connectivity index (χ0) is 16.6. The summed E-state index contributed by atoms with van der Waals surface area (Å²) in [5.41, 5.74) is 2.46. The van der Waals surface area contributed by atoms with Gasteiger partial charge in [0.25, 0.3) is 0 Å². The summed E-state index contributed by atoms with van der Waals surface area (Å²) < 4.78 is 10.9. The predicted octanol–water partition coefficient (Wildman–Crippen LogP) is 3.59. The maximum atomic E-state index is 12.7. The van der Waals surface area contributed by atoms with Gasteiger partial charge in [0.05, 0.1) is 20.3 Å². The molecular weight excluding hydrogens is 290 g/mol. The lowest BCUT2D eigenvalue weighted by molar-refractivity contribution is -0.134. The van der Waals surface area contributed by atoms with Crippen LogP contribution in [0.5, 0.6) is 11.5 Å². The van der Waals surface area contributed by atoms with Crippen LogP contribution in [0.3, 0.4) is 0 Å². The lowest BCUT2D eigenvalue weighted by Gasteiger charge is -2.30. The van der Waals surface area contributed by atoms with Gasteiger partial charge in [0.15, 0.2) is 11.5 Å². The van der Waals surface area contributed by atoms with Crippen LogP contribution in [0.2, 0.25) is 0 Å². The third-order valence-electron chi connectivity index (χ3n) is 5.12. The molecule has 0 aromatic heterocycles. The van der Waals surface area contributed by atoms with Crippen molar-refractivity contribution in [2.24, 2.45) is 11.8 Å². The molecule has 2 atom stereocenters. The molecule has 23 heavy (non-hydrogen) atoms. The quantitative estimate of drug-likeness (QED) is 0.852. The molecule has 0 saturated heterocycles. The molecule has 1 saturated carbocycles. The number of benzene rings is 1. The number of amides is 1. The molecule has 1 aliphatic heterocycles. The highest BCUT2D eigenvalue weighted by Gasteiger charge is 2.33. The van der Waals surface area contributed by atoms with Crippen molar-refractivity contribution in [3.63, 3.8) is 0 Å². The molecule has 1 aliphatic carbocycles. The van der Waals surface area contributed by atoms with Crippen LogP contribution >= 0.6 is 0 Å². The highest BCUT2D eigenvalue weighted by atomic mass is 16.5. The fourth-order valence-corrected chi connectivity index (χ4v) is 3.61. The first-order valence-electron chi connectivity index (χ1n) is 8.57. The second kappa shape index (κ2) is 6.42. The molecule has 126 valence electrons. The summed E-state index contributed by atoms with van der Waals surface area (Å²) in [4.78, 5) is 14.8. The Morgan fingerprint density at radius 1 is 1.17 bits per heavy atom. The largest absolute Gasteiger partial charge is 0.493 e. The van der Waals surface area contributed by atoms with Crippen molar-refractivity contribution in [1.82, 2.24) is 4.90 Å². The average molecular weight is 317 g/mol. The van der Waals surface area contributed by atoms with E-state index in [1.807, 2.05) is 6.07 Å². The van der Waals surface area contributed by atoms with Gasteiger partial charge in [0, 0.05) is 13.0 Å². The monoisotopic (exact) mass is 317 g/mol. The Balaban J connectivity index is 1.94. The molecule has 1 amide bonds. The van der Waals surface area contributed by atoms with Gasteiger partial charge in [-0.25, -0.2) is 0 Å². The zero-order valence-electron chi connectivity index (χ0n) is 14.6. The summed E-state index contributed by atoms with van der Waals surface area (Å²) in [6.45, 7) is 5.18. The molecule has 1 fully saturated rings. The zero-order valence-corrected chi connectivity index (χ0v) is 14.6. The Morgan fingerprint density at radius 2 is 1.83 bits per heavy atom. The molecule has 1 aromatic carbocycles. The van der Waals surface area contributed by atoms with Gasteiger partial charge in [-0.1, -0.05) is 6.92 Å². The Labute approximate surface area is 138 Å². The van der Waals surface area contributed by atoms with Gasteiger partial charge in [0.2, 0.25) is 5.91 Å². The predicted molar refractivity (Wildman–Crippen MR) is 89.9 cm³/mol. The Bertz CT molecular complexity index is 595. The van der Waals surface area contributed by atoms with Crippen LogP contribution in [0.1, 0.15) is 50.3 Å². The molecule has 0 N–H and O–H groups in total. The molecule has 4 nitrogen and oxygen atoms in total. The maximum Gasteiger partial charge on any atom is 0.223 e. The van der Waals surface area contributed by atoms with Gasteiger partial charge in [0.1, 0.15) is 0 Å². The molecule has 4 heteroatoms. The van der Waals surface area contributed by atoms with Crippen molar-refractivity contribution in [1.29, 1.82) is 0 Å². The minimum atomic E-state index is 0.0843. The number of rotatable bonds is 4. The average Bonchev–Trinajstić information content (AvgIpc) is 3.35. The number of carbonyl (C=O) groups is 1. The van der Waals surface area contributed by atoms with Gasteiger partial charge in [-0.05, 0) is 61.3 Å². The number of hydrogen-bond acceptors (Lipinski definition) is 3. The van der Waals surface area contributed by atoms with E-state index in [9.17, 15) is 4.79 Å². The maximum absolute atomic E-state index is 12.7. The van der Waals surface area contributed by atoms with Crippen LogP contribution in [0, 0.1) is 11.8 Å². The first-order chi connectivity index (χ1) is 11.0. The van der Waals surface area contributed by atoms with Crippen LogP contribution in [0.4, 0.5) is 0 Å². The minimum Gasteiger partial charge on any atom is -0.493 e. The van der Waals surface area contributed by atoms with E-state index in [1.165, 1.54) is 24.0 Å². The fourth-order valence-electron chi connectivity index (χ4n) is 3.61. The lowest BCUT2D eigenvalue weighted by atomic mass is 9.95. The highest BCUT2D eigenvalue weighted by Crippen LogP contribution is 2.40. The summed E-state index contributed by atoms with van der Waals surface area (Å²) >= 11 is 0.